The SMILES string of the molecule is CP(O)CN(CCC1CCC(O[PH+]=S)CC1)CPO. The summed E-state index contributed by atoms with van der Waals surface area (Å²) in [5.41, 5.74) is 0. The molecular formula is C11H25NO3P3S+. The van der Waals surface area contributed by atoms with Gasteiger partial charge in [-0.3, -0.25) is 4.90 Å². The van der Waals surface area contributed by atoms with E-state index < -0.39 is 8.15 Å². The van der Waals surface area contributed by atoms with E-state index in [-0.39, 0.29) is 16.4 Å². The van der Waals surface area contributed by atoms with Crippen LogP contribution in [0.3, 0.4) is 0 Å². The first-order valence-corrected chi connectivity index (χ1v) is 11.8. The van der Waals surface area contributed by atoms with Crippen molar-refractivity contribution in [3.63, 3.8) is 0 Å². The maximum Gasteiger partial charge on any atom is 0.322 e. The van der Waals surface area contributed by atoms with Crippen LogP contribution in [0, 0.1) is 5.92 Å². The largest absolute Gasteiger partial charge is 0.376 e. The number of rotatable bonds is 9. The minimum Gasteiger partial charge on any atom is -0.376 e. The van der Waals surface area contributed by atoms with E-state index in [1.165, 1.54) is 12.8 Å². The normalized spacial score (nSPS) is 26.5. The van der Waals surface area contributed by atoms with Gasteiger partial charge in [0, 0.05) is 29.5 Å². The first-order valence-electron chi connectivity index (χ1n) is 6.67. The van der Waals surface area contributed by atoms with Crippen LogP contribution >= 0.6 is 24.5 Å². The number of hydrogen-bond donors (Lipinski definition) is 2. The molecule has 0 bridgehead atoms. The third kappa shape index (κ3) is 8.29. The zero-order chi connectivity index (χ0) is 14.1. The average molecular weight is 344 g/mol. The minimum absolute atomic E-state index is 0.0531. The smallest absolute Gasteiger partial charge is 0.322 e. The zero-order valence-corrected chi connectivity index (χ0v) is 15.1. The van der Waals surface area contributed by atoms with E-state index >= 15 is 0 Å². The molecule has 1 aliphatic carbocycles. The van der Waals surface area contributed by atoms with E-state index in [1.54, 1.807) is 0 Å². The summed E-state index contributed by atoms with van der Waals surface area (Å²) in [6.45, 7) is 2.85. The molecule has 3 atom stereocenters. The molecule has 19 heavy (non-hydrogen) atoms. The molecule has 0 spiro atoms. The van der Waals surface area contributed by atoms with Crippen LogP contribution in [0.2, 0.25) is 0 Å². The Bertz CT molecular complexity index is 253. The summed E-state index contributed by atoms with van der Waals surface area (Å²) in [5, 5.41) is 0. The Labute approximate surface area is 125 Å². The molecule has 0 aromatic carbocycles. The van der Waals surface area contributed by atoms with Crippen molar-refractivity contribution >= 4 is 36.3 Å². The summed E-state index contributed by atoms with van der Waals surface area (Å²) >= 11 is 4.87. The molecular weight excluding hydrogens is 319 g/mol. The molecule has 1 fully saturated rings. The molecule has 1 saturated carbocycles. The molecule has 0 amide bonds. The van der Waals surface area contributed by atoms with Crippen LogP contribution in [0.1, 0.15) is 32.1 Å². The highest BCUT2D eigenvalue weighted by Crippen LogP contribution is 2.31. The number of nitrogens with zero attached hydrogens (tertiary/aromatic N) is 1. The maximum atomic E-state index is 9.50. The van der Waals surface area contributed by atoms with Gasteiger partial charge in [0.05, 0.1) is 0 Å². The Morgan fingerprint density at radius 1 is 1.42 bits per heavy atom. The summed E-state index contributed by atoms with van der Waals surface area (Å²) in [6.07, 6.45) is 7.69. The molecule has 3 unspecified atom stereocenters. The Balaban J connectivity index is 2.21. The lowest BCUT2D eigenvalue weighted by Gasteiger charge is -2.28. The lowest BCUT2D eigenvalue weighted by molar-refractivity contribution is 0.145. The summed E-state index contributed by atoms with van der Waals surface area (Å²) in [7, 11) is -0.760. The standard InChI is InChI=1S/C11H24NO3P3S/c1-18(14)9-12(8-16-13)7-6-10-2-4-11(5-3-10)15-17-19/h10-11,13-14,16H,2-9H2,1H3/p+1. The quantitative estimate of drug-likeness (QED) is 0.630. The van der Waals surface area contributed by atoms with E-state index in [2.05, 4.69) is 4.90 Å². The molecule has 2 N–H and O–H groups in total. The Morgan fingerprint density at radius 2 is 2.11 bits per heavy atom. The van der Waals surface area contributed by atoms with Crippen LogP contribution < -0.4 is 0 Å². The minimum atomic E-state index is -0.904. The molecule has 0 heterocycles. The molecule has 1 rings (SSSR count). The van der Waals surface area contributed by atoms with Crippen LogP contribution in [0.25, 0.3) is 0 Å². The van der Waals surface area contributed by atoms with Crippen molar-refractivity contribution in [1.29, 1.82) is 0 Å². The van der Waals surface area contributed by atoms with Crippen molar-refractivity contribution < 1.29 is 14.3 Å². The second-order valence-electron chi connectivity index (χ2n) is 5.14. The van der Waals surface area contributed by atoms with Crippen LogP contribution in [0.4, 0.5) is 0 Å². The Kier molecular flexibility index (Phi) is 10.5. The van der Waals surface area contributed by atoms with Crippen molar-refractivity contribution in [2.75, 3.05) is 25.8 Å². The van der Waals surface area contributed by atoms with Gasteiger partial charge in [0.1, 0.15) is 6.10 Å². The van der Waals surface area contributed by atoms with Gasteiger partial charge in [0.15, 0.2) is 11.8 Å². The summed E-state index contributed by atoms with van der Waals surface area (Å²) in [6, 6.07) is 0. The van der Waals surface area contributed by atoms with E-state index in [1.807, 2.05) is 6.66 Å². The lowest BCUT2D eigenvalue weighted by Crippen LogP contribution is -2.27. The maximum absolute atomic E-state index is 9.50. The highest BCUT2D eigenvalue weighted by molar-refractivity contribution is 7.94. The fraction of sp³-hybridized carbons (Fsp3) is 1.00. The predicted molar refractivity (Wildman–Crippen MR) is 89.2 cm³/mol. The highest BCUT2D eigenvalue weighted by Gasteiger charge is 2.24. The average Bonchev–Trinajstić information content (AvgIpc) is 2.38. The Hall–Kier alpha value is 1.22. The molecule has 4 nitrogen and oxygen atoms in total. The molecule has 0 aromatic rings. The third-order valence-corrected chi connectivity index (χ3v) is 5.68. The predicted octanol–water partition coefficient (Wildman–Crippen LogP) is 2.83. The molecule has 8 heteroatoms. The first kappa shape index (κ1) is 18.3. The number of hydrogen-bond acceptors (Lipinski definition) is 5. The second kappa shape index (κ2) is 10.9. The van der Waals surface area contributed by atoms with Gasteiger partial charge < -0.3 is 9.79 Å². The second-order valence-corrected chi connectivity index (χ2v) is 8.28. The molecule has 0 aromatic heterocycles. The van der Waals surface area contributed by atoms with Crippen molar-refractivity contribution in [3.8, 4) is 0 Å². The van der Waals surface area contributed by atoms with Crippen LogP contribution in [0.5, 0.6) is 0 Å². The summed E-state index contributed by atoms with van der Waals surface area (Å²) in [4.78, 5) is 20.8. The van der Waals surface area contributed by atoms with Gasteiger partial charge in [-0.15, -0.1) is 0 Å². The third-order valence-electron chi connectivity index (χ3n) is 3.56. The fourth-order valence-electron chi connectivity index (χ4n) is 2.56. The summed E-state index contributed by atoms with van der Waals surface area (Å²) < 4.78 is 5.52. The zero-order valence-electron chi connectivity index (χ0n) is 11.4. The van der Waals surface area contributed by atoms with Crippen LogP contribution in [0.15, 0.2) is 0 Å². The molecule has 0 aliphatic heterocycles. The van der Waals surface area contributed by atoms with Gasteiger partial charge in [-0.2, -0.15) is 4.52 Å². The van der Waals surface area contributed by atoms with E-state index in [4.69, 9.17) is 21.2 Å². The van der Waals surface area contributed by atoms with Crippen LogP contribution in [-0.2, 0) is 16.3 Å². The summed E-state index contributed by atoms with van der Waals surface area (Å²) in [5.74, 6) is 0.764. The van der Waals surface area contributed by atoms with Crippen molar-refractivity contribution in [2.45, 2.75) is 38.2 Å². The van der Waals surface area contributed by atoms with Crippen molar-refractivity contribution in [3.05, 3.63) is 0 Å². The fourth-order valence-corrected chi connectivity index (χ4v) is 4.82. The van der Waals surface area contributed by atoms with Gasteiger partial charge in [-0.25, -0.2) is 0 Å². The highest BCUT2D eigenvalue weighted by atomic mass is 32.4. The van der Waals surface area contributed by atoms with E-state index in [9.17, 15) is 4.89 Å². The van der Waals surface area contributed by atoms with Gasteiger partial charge in [-0.05, 0) is 51.2 Å². The first-order chi connectivity index (χ1) is 9.15. The lowest BCUT2D eigenvalue weighted by atomic mass is 9.85. The van der Waals surface area contributed by atoms with Gasteiger partial charge in [0.25, 0.3) is 0 Å². The van der Waals surface area contributed by atoms with Gasteiger partial charge in [0.2, 0.25) is 0 Å². The van der Waals surface area contributed by atoms with Crippen molar-refractivity contribution in [1.82, 2.24) is 4.90 Å². The topological polar surface area (TPSA) is 52.9 Å². The molecule has 0 radical (unpaired) electrons. The Morgan fingerprint density at radius 3 is 2.63 bits per heavy atom. The van der Waals surface area contributed by atoms with E-state index in [0.717, 1.165) is 38.0 Å². The van der Waals surface area contributed by atoms with Crippen molar-refractivity contribution in [2.24, 2.45) is 5.92 Å². The van der Waals surface area contributed by atoms with Crippen LogP contribution in [-0.4, -0.2) is 46.6 Å². The monoisotopic (exact) mass is 344 g/mol. The molecule has 0 saturated heterocycles. The molecule has 1 aliphatic rings. The van der Waals surface area contributed by atoms with E-state index in [0.29, 0.717) is 12.4 Å². The molecule has 112 valence electrons. The van der Waals surface area contributed by atoms with Gasteiger partial charge >= 0.3 is 7.58 Å². The van der Waals surface area contributed by atoms with Gasteiger partial charge in [-0.1, -0.05) is 0 Å².